The van der Waals surface area contributed by atoms with Gasteiger partial charge in [-0.2, -0.15) is 26.3 Å². The van der Waals surface area contributed by atoms with Crippen molar-refractivity contribution in [3.8, 4) is 0 Å². The van der Waals surface area contributed by atoms with Crippen LogP contribution in [0.2, 0.25) is 0 Å². The lowest BCUT2D eigenvalue weighted by Crippen LogP contribution is -2.43. The molecule has 3 rings (SSSR count). The number of likely N-dealkylation sites (tertiary alicyclic amines) is 1. The van der Waals surface area contributed by atoms with Crippen molar-refractivity contribution in [3.05, 3.63) is 51.7 Å². The van der Waals surface area contributed by atoms with E-state index in [0.717, 1.165) is 0 Å². The van der Waals surface area contributed by atoms with E-state index in [1.165, 1.54) is 16.2 Å². The van der Waals surface area contributed by atoms with Crippen molar-refractivity contribution < 1.29 is 35.9 Å². The predicted molar refractivity (Wildman–Crippen MR) is 98.0 cm³/mol. The first kappa shape index (κ1) is 22.1. The zero-order valence-electron chi connectivity index (χ0n) is 15.3. The van der Waals surface area contributed by atoms with Crippen LogP contribution in [0.25, 0.3) is 0 Å². The molecule has 2 amide bonds. The number of anilines is 1. The van der Waals surface area contributed by atoms with Gasteiger partial charge in [0.15, 0.2) is 0 Å². The lowest BCUT2D eigenvalue weighted by atomic mass is 9.96. The fourth-order valence-electron chi connectivity index (χ4n) is 3.20. The number of rotatable bonds is 3. The molecule has 0 spiro atoms. The van der Waals surface area contributed by atoms with Crippen molar-refractivity contribution in [3.63, 3.8) is 0 Å². The van der Waals surface area contributed by atoms with Gasteiger partial charge in [-0.1, -0.05) is 6.07 Å². The molecule has 1 saturated heterocycles. The van der Waals surface area contributed by atoms with E-state index in [0.29, 0.717) is 36.4 Å². The van der Waals surface area contributed by atoms with E-state index in [9.17, 15) is 35.9 Å². The van der Waals surface area contributed by atoms with Crippen molar-refractivity contribution in [1.29, 1.82) is 0 Å². The third-order valence-corrected chi connectivity index (χ3v) is 5.52. The summed E-state index contributed by atoms with van der Waals surface area (Å²) in [6.45, 7) is 0.454. The molecule has 11 heteroatoms. The summed E-state index contributed by atoms with van der Waals surface area (Å²) >= 11 is 1.24. The van der Waals surface area contributed by atoms with Crippen LogP contribution in [0.15, 0.2) is 35.7 Å². The zero-order chi connectivity index (χ0) is 22.1. The van der Waals surface area contributed by atoms with Gasteiger partial charge in [0.2, 0.25) is 5.91 Å². The highest BCUT2D eigenvalue weighted by Crippen LogP contribution is 2.37. The summed E-state index contributed by atoms with van der Waals surface area (Å²) in [6.07, 6.45) is -9.15. The fraction of sp³-hybridized carbons (Fsp3) is 0.368. The van der Waals surface area contributed by atoms with Crippen LogP contribution in [0.5, 0.6) is 0 Å². The van der Waals surface area contributed by atoms with Gasteiger partial charge in [-0.3, -0.25) is 9.59 Å². The Morgan fingerprint density at radius 1 is 1.03 bits per heavy atom. The minimum absolute atomic E-state index is 0.00229. The summed E-state index contributed by atoms with van der Waals surface area (Å²) in [4.78, 5) is 26.9. The zero-order valence-corrected chi connectivity index (χ0v) is 16.1. The Hall–Kier alpha value is -2.56. The molecule has 0 saturated carbocycles. The van der Waals surface area contributed by atoms with Crippen molar-refractivity contribution in [2.75, 3.05) is 18.4 Å². The van der Waals surface area contributed by atoms with Gasteiger partial charge in [-0.25, -0.2) is 0 Å². The molecule has 1 fully saturated rings. The number of hydrogen-bond acceptors (Lipinski definition) is 3. The topological polar surface area (TPSA) is 49.4 Å². The van der Waals surface area contributed by atoms with Crippen LogP contribution in [0.1, 0.15) is 33.6 Å². The molecule has 1 aromatic heterocycles. The first-order valence-corrected chi connectivity index (χ1v) is 9.76. The molecule has 1 aliphatic rings. The Morgan fingerprint density at radius 2 is 1.67 bits per heavy atom. The van der Waals surface area contributed by atoms with Crippen LogP contribution < -0.4 is 5.32 Å². The first-order valence-electron chi connectivity index (χ1n) is 8.88. The van der Waals surface area contributed by atoms with E-state index < -0.39 is 41.0 Å². The summed E-state index contributed by atoms with van der Waals surface area (Å²) in [5, 5.41) is 3.89. The second-order valence-corrected chi connectivity index (χ2v) is 7.80. The molecule has 2 aromatic rings. The van der Waals surface area contributed by atoms with Crippen LogP contribution >= 0.6 is 11.3 Å². The summed E-state index contributed by atoms with van der Waals surface area (Å²) in [7, 11) is 0. The van der Waals surface area contributed by atoms with E-state index in [2.05, 4.69) is 5.32 Å². The van der Waals surface area contributed by atoms with E-state index in [-0.39, 0.29) is 18.5 Å². The lowest BCUT2D eigenvalue weighted by Gasteiger charge is -2.31. The maximum absolute atomic E-state index is 13.0. The van der Waals surface area contributed by atoms with Crippen LogP contribution in [0, 0.1) is 5.92 Å². The molecule has 1 N–H and O–H groups in total. The molecule has 4 nitrogen and oxygen atoms in total. The number of benzene rings is 1. The van der Waals surface area contributed by atoms with Gasteiger partial charge in [-0.15, -0.1) is 11.3 Å². The van der Waals surface area contributed by atoms with E-state index >= 15 is 0 Å². The summed E-state index contributed by atoms with van der Waals surface area (Å²) < 4.78 is 77.9. The molecule has 0 aliphatic carbocycles. The number of nitrogens with zero attached hydrogens (tertiary/aromatic N) is 1. The van der Waals surface area contributed by atoms with Crippen LogP contribution in [0.4, 0.5) is 32.0 Å². The highest BCUT2D eigenvalue weighted by molar-refractivity contribution is 7.12. The maximum Gasteiger partial charge on any atom is 0.416 e. The largest absolute Gasteiger partial charge is 0.416 e. The number of halogens is 6. The van der Waals surface area contributed by atoms with Crippen molar-refractivity contribution in [2.24, 2.45) is 5.92 Å². The number of amides is 2. The van der Waals surface area contributed by atoms with E-state index in [4.69, 9.17) is 0 Å². The smallest absolute Gasteiger partial charge is 0.337 e. The Kier molecular flexibility index (Phi) is 6.11. The fourth-order valence-corrected chi connectivity index (χ4v) is 3.89. The summed E-state index contributed by atoms with van der Waals surface area (Å²) in [6, 6.07) is 4.27. The van der Waals surface area contributed by atoms with Gasteiger partial charge in [0.1, 0.15) is 0 Å². The van der Waals surface area contributed by atoms with Gasteiger partial charge in [0, 0.05) is 18.8 Å². The van der Waals surface area contributed by atoms with Gasteiger partial charge < -0.3 is 10.2 Å². The quantitative estimate of drug-likeness (QED) is 0.648. The van der Waals surface area contributed by atoms with Crippen molar-refractivity contribution in [2.45, 2.75) is 25.2 Å². The second kappa shape index (κ2) is 8.29. The molecular weight excluding hydrogens is 434 g/mol. The Labute approximate surface area is 171 Å². The third kappa shape index (κ3) is 5.13. The minimum atomic E-state index is -5.00. The Morgan fingerprint density at radius 3 is 2.20 bits per heavy atom. The highest BCUT2D eigenvalue weighted by atomic mass is 32.1. The number of nitrogens with one attached hydrogen (secondary N) is 1. The minimum Gasteiger partial charge on any atom is -0.337 e. The molecule has 30 heavy (non-hydrogen) atoms. The summed E-state index contributed by atoms with van der Waals surface area (Å²) in [5.41, 5.74) is -3.61. The van der Waals surface area contributed by atoms with Crippen molar-refractivity contribution in [1.82, 2.24) is 4.90 Å². The van der Waals surface area contributed by atoms with Gasteiger partial charge in [0.25, 0.3) is 5.91 Å². The number of hydrogen-bond donors (Lipinski definition) is 1. The monoisotopic (exact) mass is 450 g/mol. The number of carbonyl (C=O) groups excluding carboxylic acids is 2. The molecule has 2 heterocycles. The Bertz CT molecular complexity index is 892. The number of alkyl halides is 6. The van der Waals surface area contributed by atoms with Gasteiger partial charge in [0.05, 0.1) is 21.9 Å². The van der Waals surface area contributed by atoms with Crippen LogP contribution in [0.3, 0.4) is 0 Å². The third-order valence-electron chi connectivity index (χ3n) is 4.67. The molecule has 0 radical (unpaired) electrons. The maximum atomic E-state index is 13.0. The molecular formula is C19H16F6N2O2S. The first-order chi connectivity index (χ1) is 13.9. The van der Waals surface area contributed by atoms with E-state index in [1.807, 2.05) is 0 Å². The average Bonchev–Trinajstić information content (AvgIpc) is 3.20. The molecule has 1 atom stereocenters. The van der Waals surface area contributed by atoms with Crippen LogP contribution in [-0.4, -0.2) is 29.8 Å². The molecule has 1 aromatic carbocycles. The average molecular weight is 450 g/mol. The summed E-state index contributed by atoms with van der Waals surface area (Å²) in [5.74, 6) is -1.74. The van der Waals surface area contributed by atoms with Gasteiger partial charge >= 0.3 is 12.4 Å². The molecule has 162 valence electrons. The molecule has 1 aliphatic heterocycles. The highest BCUT2D eigenvalue weighted by Gasteiger charge is 2.37. The number of thiophene rings is 1. The number of piperidine rings is 1. The SMILES string of the molecule is O=C(Nc1cc(C(F)(F)F)cc(C(F)(F)F)c1)C1CCCN(C(=O)c2cccs2)C1. The predicted octanol–water partition coefficient (Wildman–Crippen LogP) is 5.28. The molecule has 1 unspecified atom stereocenters. The normalized spacial score (nSPS) is 17.7. The number of carbonyl (C=O) groups is 2. The van der Waals surface area contributed by atoms with Crippen molar-refractivity contribution >= 4 is 28.8 Å². The second-order valence-electron chi connectivity index (χ2n) is 6.85. The lowest BCUT2D eigenvalue weighted by molar-refractivity contribution is -0.143. The van der Waals surface area contributed by atoms with E-state index in [1.54, 1.807) is 17.5 Å². The standard InChI is InChI=1S/C19H16F6N2O2S/c20-18(21,22)12-7-13(19(23,24)25)9-14(8-12)26-16(28)11-3-1-5-27(10-11)17(29)15-4-2-6-30-15/h2,4,6-9,11H,1,3,5,10H2,(H,26,28). The van der Waals surface area contributed by atoms with Gasteiger partial charge in [-0.05, 0) is 42.5 Å². The van der Waals surface area contributed by atoms with Crippen LogP contribution in [-0.2, 0) is 17.1 Å². The molecule has 0 bridgehead atoms. The Balaban J connectivity index is 1.77.